The summed E-state index contributed by atoms with van der Waals surface area (Å²) < 4.78 is 38.6. The van der Waals surface area contributed by atoms with Crippen molar-refractivity contribution in [2.24, 2.45) is 0 Å². The maximum Gasteiger partial charge on any atom is 0.266 e. The summed E-state index contributed by atoms with van der Waals surface area (Å²) in [4.78, 5) is 10.3. The Balaban J connectivity index is 2.30. The van der Waals surface area contributed by atoms with Gasteiger partial charge in [-0.05, 0) is 23.7 Å². The van der Waals surface area contributed by atoms with E-state index in [4.69, 9.17) is 11.6 Å². The highest BCUT2D eigenvalue weighted by atomic mass is 35.5. The Morgan fingerprint density at radius 1 is 1.22 bits per heavy atom. The Morgan fingerprint density at radius 3 is 2.50 bits per heavy atom. The highest BCUT2D eigenvalue weighted by Gasteiger charge is 2.16. The van der Waals surface area contributed by atoms with Crippen LogP contribution in [0.2, 0.25) is 5.28 Å². The monoisotopic (exact) mass is 288 g/mol. The van der Waals surface area contributed by atoms with Gasteiger partial charge in [-0.15, -0.1) is 0 Å². The van der Waals surface area contributed by atoms with Crippen molar-refractivity contribution in [2.45, 2.75) is 4.90 Å². The molecule has 6 nitrogen and oxygen atoms in total. The van der Waals surface area contributed by atoms with Gasteiger partial charge in [0.2, 0.25) is 11.2 Å². The molecule has 0 fully saturated rings. The molecule has 0 aliphatic rings. The standard InChI is InChI=1S/C9H6ClFN4O2S/c10-9-12-4-6(5-13-9)18(16,17)15-8-3-1-2-7(11)14-8/h1-5H,(H,14,15). The van der Waals surface area contributed by atoms with Crippen LogP contribution in [0, 0.1) is 5.95 Å². The summed E-state index contributed by atoms with van der Waals surface area (Å²) in [6.07, 6.45) is 2.08. The summed E-state index contributed by atoms with van der Waals surface area (Å²) >= 11 is 5.44. The van der Waals surface area contributed by atoms with Gasteiger partial charge in [-0.1, -0.05) is 6.07 Å². The van der Waals surface area contributed by atoms with Crippen LogP contribution >= 0.6 is 11.6 Å². The second-order valence-electron chi connectivity index (χ2n) is 3.14. The lowest BCUT2D eigenvalue weighted by Gasteiger charge is -2.06. The van der Waals surface area contributed by atoms with Gasteiger partial charge in [-0.2, -0.15) is 4.39 Å². The Labute approximate surface area is 107 Å². The summed E-state index contributed by atoms with van der Waals surface area (Å²) in [5, 5.41) is -0.0715. The lowest BCUT2D eigenvalue weighted by atomic mass is 10.5. The molecule has 2 rings (SSSR count). The van der Waals surface area contributed by atoms with E-state index in [1.807, 2.05) is 0 Å². The number of hydrogen-bond donors (Lipinski definition) is 1. The van der Waals surface area contributed by atoms with Crippen molar-refractivity contribution in [1.82, 2.24) is 15.0 Å². The predicted octanol–water partition coefficient (Wildman–Crippen LogP) is 1.46. The molecule has 2 heterocycles. The van der Waals surface area contributed by atoms with Crippen molar-refractivity contribution < 1.29 is 12.8 Å². The third-order valence-corrected chi connectivity index (χ3v) is 3.37. The zero-order valence-electron chi connectivity index (χ0n) is 8.71. The highest BCUT2D eigenvalue weighted by molar-refractivity contribution is 7.92. The Hall–Kier alpha value is -1.80. The van der Waals surface area contributed by atoms with E-state index in [9.17, 15) is 12.8 Å². The Bertz CT molecular complexity index is 663. The number of sulfonamides is 1. The molecule has 2 aromatic rings. The second-order valence-corrected chi connectivity index (χ2v) is 5.16. The molecular formula is C9H6ClFN4O2S. The van der Waals surface area contributed by atoms with Crippen LogP contribution in [0.1, 0.15) is 0 Å². The van der Waals surface area contributed by atoms with Crippen molar-refractivity contribution in [2.75, 3.05) is 4.72 Å². The molecular weight excluding hydrogens is 283 g/mol. The first-order valence-electron chi connectivity index (χ1n) is 4.60. The minimum atomic E-state index is -3.91. The summed E-state index contributed by atoms with van der Waals surface area (Å²) in [5.41, 5.74) is 0. The Kier molecular flexibility index (Phi) is 3.39. The molecule has 0 spiro atoms. The summed E-state index contributed by atoms with van der Waals surface area (Å²) in [5.74, 6) is -0.924. The second kappa shape index (κ2) is 4.83. The molecule has 0 bridgehead atoms. The summed E-state index contributed by atoms with van der Waals surface area (Å²) in [7, 11) is -3.91. The fourth-order valence-electron chi connectivity index (χ4n) is 1.10. The minimum absolute atomic E-state index is 0.0715. The van der Waals surface area contributed by atoms with Crippen LogP contribution in [0.15, 0.2) is 35.5 Å². The van der Waals surface area contributed by atoms with Crippen molar-refractivity contribution in [3.05, 3.63) is 41.8 Å². The van der Waals surface area contributed by atoms with Crippen LogP contribution in [0.25, 0.3) is 0 Å². The van der Waals surface area contributed by atoms with Crippen LogP contribution in [-0.4, -0.2) is 23.4 Å². The van der Waals surface area contributed by atoms with Crippen LogP contribution in [0.5, 0.6) is 0 Å². The zero-order chi connectivity index (χ0) is 13.2. The zero-order valence-corrected chi connectivity index (χ0v) is 10.3. The molecule has 0 radical (unpaired) electrons. The number of anilines is 1. The third kappa shape index (κ3) is 2.90. The molecule has 94 valence electrons. The van der Waals surface area contributed by atoms with E-state index in [-0.39, 0.29) is 16.0 Å². The van der Waals surface area contributed by atoms with E-state index < -0.39 is 16.0 Å². The van der Waals surface area contributed by atoms with Crippen molar-refractivity contribution >= 4 is 27.4 Å². The van der Waals surface area contributed by atoms with E-state index in [1.54, 1.807) is 0 Å². The predicted molar refractivity (Wildman–Crippen MR) is 62.0 cm³/mol. The van der Waals surface area contributed by atoms with Crippen LogP contribution < -0.4 is 4.72 Å². The maximum atomic E-state index is 12.8. The van der Waals surface area contributed by atoms with E-state index >= 15 is 0 Å². The molecule has 0 unspecified atom stereocenters. The quantitative estimate of drug-likeness (QED) is 0.683. The fraction of sp³-hybridized carbons (Fsp3) is 0. The third-order valence-electron chi connectivity index (χ3n) is 1.86. The van der Waals surface area contributed by atoms with Crippen molar-refractivity contribution in [3.8, 4) is 0 Å². The topological polar surface area (TPSA) is 84.8 Å². The molecule has 2 aromatic heterocycles. The van der Waals surface area contributed by atoms with Crippen molar-refractivity contribution in [1.29, 1.82) is 0 Å². The molecule has 0 saturated carbocycles. The van der Waals surface area contributed by atoms with Gasteiger partial charge >= 0.3 is 0 Å². The average Bonchev–Trinajstić information content (AvgIpc) is 2.29. The SMILES string of the molecule is O=S(=O)(Nc1cccc(F)n1)c1cnc(Cl)nc1. The fourth-order valence-corrected chi connectivity index (χ4v) is 2.09. The van der Waals surface area contributed by atoms with Gasteiger partial charge < -0.3 is 0 Å². The van der Waals surface area contributed by atoms with Gasteiger partial charge in [0.25, 0.3) is 10.0 Å². The van der Waals surface area contributed by atoms with E-state index in [2.05, 4.69) is 19.7 Å². The van der Waals surface area contributed by atoms with Crippen LogP contribution in [-0.2, 0) is 10.0 Å². The minimum Gasteiger partial charge on any atom is -0.263 e. The molecule has 0 aliphatic carbocycles. The van der Waals surface area contributed by atoms with Gasteiger partial charge in [-0.25, -0.2) is 23.4 Å². The maximum absolute atomic E-state index is 12.8. The number of nitrogens with one attached hydrogen (secondary N) is 1. The number of halogens is 2. The lowest BCUT2D eigenvalue weighted by molar-refractivity contribution is 0.584. The van der Waals surface area contributed by atoms with Gasteiger partial charge in [0, 0.05) is 0 Å². The van der Waals surface area contributed by atoms with Crippen LogP contribution in [0.3, 0.4) is 0 Å². The molecule has 1 N–H and O–H groups in total. The molecule has 0 amide bonds. The number of nitrogens with zero attached hydrogens (tertiary/aromatic N) is 3. The first kappa shape index (κ1) is 12.7. The van der Waals surface area contributed by atoms with Crippen LogP contribution in [0.4, 0.5) is 10.2 Å². The van der Waals surface area contributed by atoms with E-state index in [0.29, 0.717) is 0 Å². The van der Waals surface area contributed by atoms with E-state index in [0.717, 1.165) is 18.5 Å². The summed E-state index contributed by atoms with van der Waals surface area (Å²) in [6.45, 7) is 0. The number of aromatic nitrogens is 3. The number of rotatable bonds is 3. The number of hydrogen-bond acceptors (Lipinski definition) is 5. The number of pyridine rings is 1. The molecule has 9 heteroatoms. The Morgan fingerprint density at radius 2 is 1.89 bits per heavy atom. The first-order chi connectivity index (χ1) is 8.47. The van der Waals surface area contributed by atoms with Gasteiger partial charge in [-0.3, -0.25) is 4.72 Å². The molecule has 0 aliphatic heterocycles. The van der Waals surface area contributed by atoms with Gasteiger partial charge in [0.05, 0.1) is 12.4 Å². The molecule has 0 aromatic carbocycles. The largest absolute Gasteiger partial charge is 0.266 e. The average molecular weight is 289 g/mol. The highest BCUT2D eigenvalue weighted by Crippen LogP contribution is 2.13. The normalized spacial score (nSPS) is 11.2. The molecule has 0 atom stereocenters. The summed E-state index contributed by atoms with van der Waals surface area (Å²) in [6, 6.07) is 3.75. The van der Waals surface area contributed by atoms with Crippen molar-refractivity contribution in [3.63, 3.8) is 0 Å². The van der Waals surface area contributed by atoms with E-state index in [1.165, 1.54) is 12.1 Å². The van der Waals surface area contributed by atoms with Gasteiger partial charge in [0.1, 0.15) is 10.7 Å². The first-order valence-corrected chi connectivity index (χ1v) is 6.46. The molecule has 0 saturated heterocycles. The lowest BCUT2D eigenvalue weighted by Crippen LogP contribution is -2.14. The molecule has 18 heavy (non-hydrogen) atoms. The smallest absolute Gasteiger partial charge is 0.263 e. The van der Waals surface area contributed by atoms with Gasteiger partial charge in [0.15, 0.2) is 0 Å².